The standard InChI is InChI=1S/C6H10S3/c1-2-5-8-9-6-3-4-7/h2-4,7H,1,5-6H2. The molecule has 0 saturated carbocycles. The highest BCUT2D eigenvalue weighted by atomic mass is 33.1. The molecule has 0 nitrogen and oxygen atoms in total. The summed E-state index contributed by atoms with van der Waals surface area (Å²) in [4.78, 5) is 0. The van der Waals surface area contributed by atoms with E-state index >= 15 is 0 Å². The van der Waals surface area contributed by atoms with Crippen molar-refractivity contribution in [3.05, 3.63) is 24.1 Å². The minimum atomic E-state index is 1.02. The molecule has 0 bridgehead atoms. The van der Waals surface area contributed by atoms with Crippen LogP contribution in [0, 0.1) is 0 Å². The molecule has 0 aromatic heterocycles. The molecule has 9 heavy (non-hydrogen) atoms. The first-order valence-corrected chi connectivity index (χ1v) is 5.56. The molecule has 0 fully saturated rings. The maximum absolute atomic E-state index is 3.92. The van der Waals surface area contributed by atoms with Crippen molar-refractivity contribution in [3.8, 4) is 0 Å². The van der Waals surface area contributed by atoms with Gasteiger partial charge in [0.15, 0.2) is 0 Å². The Labute approximate surface area is 70.0 Å². The van der Waals surface area contributed by atoms with Gasteiger partial charge in [0.1, 0.15) is 0 Å². The van der Waals surface area contributed by atoms with Gasteiger partial charge in [0, 0.05) is 11.5 Å². The third-order valence-corrected chi connectivity index (χ3v) is 2.93. The molecule has 0 spiro atoms. The van der Waals surface area contributed by atoms with Gasteiger partial charge in [-0.05, 0) is 5.41 Å². The van der Waals surface area contributed by atoms with E-state index in [2.05, 4.69) is 19.2 Å². The zero-order chi connectivity index (χ0) is 6.95. The first kappa shape index (κ1) is 9.53. The van der Waals surface area contributed by atoms with E-state index in [0.717, 1.165) is 11.5 Å². The van der Waals surface area contributed by atoms with Gasteiger partial charge in [0.2, 0.25) is 0 Å². The van der Waals surface area contributed by atoms with Gasteiger partial charge in [-0.15, -0.1) is 6.58 Å². The first-order chi connectivity index (χ1) is 4.41. The third kappa shape index (κ3) is 8.53. The van der Waals surface area contributed by atoms with E-state index in [4.69, 9.17) is 0 Å². The van der Waals surface area contributed by atoms with Crippen molar-refractivity contribution >= 4 is 34.2 Å². The third-order valence-electron chi connectivity index (χ3n) is 0.539. The largest absolute Gasteiger partial charge is 0.152 e. The van der Waals surface area contributed by atoms with Crippen LogP contribution in [0.5, 0.6) is 0 Å². The van der Waals surface area contributed by atoms with Crippen LogP contribution in [0.2, 0.25) is 0 Å². The number of rotatable bonds is 5. The van der Waals surface area contributed by atoms with E-state index < -0.39 is 0 Å². The first-order valence-electron chi connectivity index (χ1n) is 2.56. The molecule has 3 heteroatoms. The Morgan fingerprint density at radius 3 is 2.56 bits per heavy atom. The maximum atomic E-state index is 3.92. The van der Waals surface area contributed by atoms with Crippen molar-refractivity contribution in [2.45, 2.75) is 0 Å². The van der Waals surface area contributed by atoms with E-state index in [-0.39, 0.29) is 0 Å². The van der Waals surface area contributed by atoms with Gasteiger partial charge < -0.3 is 0 Å². The van der Waals surface area contributed by atoms with Gasteiger partial charge >= 0.3 is 0 Å². The fraction of sp³-hybridized carbons (Fsp3) is 0.333. The lowest BCUT2D eigenvalue weighted by molar-refractivity contribution is 1.82. The van der Waals surface area contributed by atoms with Crippen LogP contribution in [-0.2, 0) is 0 Å². The van der Waals surface area contributed by atoms with E-state index in [1.807, 2.05) is 22.9 Å². The second kappa shape index (κ2) is 8.53. The SMILES string of the molecule is C=CCSSCC=CS. The molecule has 0 rings (SSSR count). The van der Waals surface area contributed by atoms with Crippen molar-refractivity contribution in [2.75, 3.05) is 11.5 Å². The van der Waals surface area contributed by atoms with Crippen molar-refractivity contribution in [3.63, 3.8) is 0 Å². The zero-order valence-electron chi connectivity index (χ0n) is 5.12. The molecule has 0 saturated heterocycles. The Hall–Kier alpha value is 0.530. The molecule has 0 amide bonds. The smallest absolute Gasteiger partial charge is 0.0225 e. The highest BCUT2D eigenvalue weighted by Gasteiger charge is 1.80. The lowest BCUT2D eigenvalue weighted by Gasteiger charge is -1.89. The molecule has 52 valence electrons. The van der Waals surface area contributed by atoms with Crippen LogP contribution in [0.3, 0.4) is 0 Å². The van der Waals surface area contributed by atoms with Crippen LogP contribution >= 0.6 is 34.2 Å². The zero-order valence-corrected chi connectivity index (χ0v) is 7.64. The highest BCUT2D eigenvalue weighted by molar-refractivity contribution is 8.76. The normalized spacial score (nSPS) is 10.3. The summed E-state index contributed by atoms with van der Waals surface area (Å²) in [6.07, 6.45) is 3.92. The molecule has 0 heterocycles. The predicted molar refractivity (Wildman–Crippen MR) is 53.2 cm³/mol. The molecule has 0 aliphatic rings. The van der Waals surface area contributed by atoms with Crippen molar-refractivity contribution in [2.24, 2.45) is 0 Å². The fourth-order valence-electron chi connectivity index (χ4n) is 0.227. The van der Waals surface area contributed by atoms with Crippen molar-refractivity contribution < 1.29 is 0 Å². The van der Waals surface area contributed by atoms with Crippen LogP contribution < -0.4 is 0 Å². The summed E-state index contributed by atoms with van der Waals surface area (Å²) >= 11 is 3.92. The second-order valence-corrected chi connectivity index (χ2v) is 4.09. The lowest BCUT2D eigenvalue weighted by atomic mass is 10.8. The van der Waals surface area contributed by atoms with Crippen molar-refractivity contribution in [1.29, 1.82) is 0 Å². The fourth-order valence-corrected chi connectivity index (χ4v) is 2.04. The van der Waals surface area contributed by atoms with E-state index in [1.54, 1.807) is 16.2 Å². The van der Waals surface area contributed by atoms with Gasteiger partial charge in [0.05, 0.1) is 0 Å². The molecule has 0 aliphatic carbocycles. The number of hydrogen-bond acceptors (Lipinski definition) is 3. The Kier molecular flexibility index (Phi) is 9.03. The quantitative estimate of drug-likeness (QED) is 0.297. The Morgan fingerprint density at radius 1 is 1.33 bits per heavy atom. The average Bonchev–Trinajstić information content (AvgIpc) is 1.89. The van der Waals surface area contributed by atoms with E-state index in [1.165, 1.54) is 0 Å². The number of thiol groups is 1. The Morgan fingerprint density at radius 2 is 2.00 bits per heavy atom. The minimum absolute atomic E-state index is 1.02. The average molecular weight is 178 g/mol. The summed E-state index contributed by atoms with van der Waals surface area (Å²) in [5.74, 6) is 2.05. The Bertz CT molecular complexity index is 88.3. The molecule has 0 aromatic carbocycles. The summed E-state index contributed by atoms with van der Waals surface area (Å²) in [6, 6.07) is 0. The topological polar surface area (TPSA) is 0 Å². The Balaban J connectivity index is 2.82. The molecule has 0 N–H and O–H groups in total. The van der Waals surface area contributed by atoms with Gasteiger partial charge in [-0.25, -0.2) is 0 Å². The van der Waals surface area contributed by atoms with Gasteiger partial charge in [-0.3, -0.25) is 0 Å². The van der Waals surface area contributed by atoms with Crippen LogP contribution in [0.1, 0.15) is 0 Å². The summed E-state index contributed by atoms with van der Waals surface area (Å²) in [5, 5.41) is 1.77. The monoisotopic (exact) mass is 178 g/mol. The second-order valence-electron chi connectivity index (χ2n) is 1.24. The lowest BCUT2D eigenvalue weighted by Crippen LogP contribution is -1.65. The van der Waals surface area contributed by atoms with Crippen LogP contribution in [0.4, 0.5) is 0 Å². The summed E-state index contributed by atoms with van der Waals surface area (Å²) < 4.78 is 0. The molecule has 0 atom stereocenters. The molecular weight excluding hydrogens is 168 g/mol. The van der Waals surface area contributed by atoms with Crippen LogP contribution in [0.25, 0.3) is 0 Å². The van der Waals surface area contributed by atoms with Crippen LogP contribution in [-0.4, -0.2) is 11.5 Å². The molecule has 0 unspecified atom stereocenters. The molecular formula is C6H10S3. The molecule has 0 aliphatic heterocycles. The molecule has 0 aromatic rings. The van der Waals surface area contributed by atoms with Crippen molar-refractivity contribution in [1.82, 2.24) is 0 Å². The number of hydrogen-bond donors (Lipinski definition) is 1. The van der Waals surface area contributed by atoms with E-state index in [9.17, 15) is 0 Å². The summed E-state index contributed by atoms with van der Waals surface area (Å²) in [5.41, 5.74) is 0. The van der Waals surface area contributed by atoms with Gasteiger partial charge in [0.25, 0.3) is 0 Å². The predicted octanol–water partition coefficient (Wildman–Crippen LogP) is 3.00. The van der Waals surface area contributed by atoms with E-state index in [0.29, 0.717) is 0 Å². The summed E-state index contributed by atoms with van der Waals surface area (Å²) in [6.45, 7) is 3.61. The van der Waals surface area contributed by atoms with Crippen LogP contribution in [0.15, 0.2) is 24.1 Å². The van der Waals surface area contributed by atoms with Gasteiger partial charge in [-0.1, -0.05) is 33.7 Å². The minimum Gasteiger partial charge on any atom is -0.152 e. The maximum Gasteiger partial charge on any atom is 0.0225 e. The summed E-state index contributed by atoms with van der Waals surface area (Å²) in [7, 11) is 3.62. The van der Waals surface area contributed by atoms with Gasteiger partial charge in [-0.2, -0.15) is 12.6 Å². The highest BCUT2D eigenvalue weighted by Crippen LogP contribution is 2.20. The molecule has 0 radical (unpaired) electrons.